The maximum atomic E-state index is 11.2. The van der Waals surface area contributed by atoms with Crippen molar-refractivity contribution in [3.63, 3.8) is 0 Å². The van der Waals surface area contributed by atoms with Gasteiger partial charge in [-0.2, -0.15) is 0 Å². The third kappa shape index (κ3) is 14.7. The number of aliphatic hydroxyl groups excluding tert-OH is 1. The van der Waals surface area contributed by atoms with Gasteiger partial charge in [-0.3, -0.25) is 15.0 Å². The van der Waals surface area contributed by atoms with Gasteiger partial charge >= 0.3 is 0 Å². The molecule has 0 saturated heterocycles. The summed E-state index contributed by atoms with van der Waals surface area (Å²) in [5, 5.41) is 50.3. The van der Waals surface area contributed by atoms with Crippen LogP contribution in [0.15, 0.2) is 171 Å². The van der Waals surface area contributed by atoms with Gasteiger partial charge in [0, 0.05) is 159 Å². The molecule has 4 N–H and O–H groups in total. The van der Waals surface area contributed by atoms with E-state index in [4.69, 9.17) is 16.3 Å². The molecule has 15 nitrogen and oxygen atoms in total. The van der Waals surface area contributed by atoms with Gasteiger partial charge in [0.25, 0.3) is 0 Å². The summed E-state index contributed by atoms with van der Waals surface area (Å²) in [6.07, 6.45) is 17.8. The Hall–Kier alpha value is -8.48. The Morgan fingerprint density at radius 2 is 0.850 bits per heavy atom. The summed E-state index contributed by atoms with van der Waals surface area (Å²) >= 11 is 6.25. The number of pyridine rings is 3. The Balaban J connectivity index is 0.000000120. The second-order valence-electron chi connectivity index (χ2n) is 29.3. The van der Waals surface area contributed by atoms with Gasteiger partial charge in [-0.15, -0.1) is 0 Å². The molecule has 0 radical (unpaired) electrons. The minimum Gasteiger partial charge on any atom is -0.497 e. The summed E-state index contributed by atoms with van der Waals surface area (Å²) in [4.78, 5) is 19.4. The molecule has 0 amide bonds. The Kier molecular flexibility index (Phi) is 20.5. The fraction of sp³-hybridized carbons (Fsp3) is 0.369. The highest BCUT2D eigenvalue weighted by atomic mass is 35.5. The van der Waals surface area contributed by atoms with Crippen molar-refractivity contribution >= 4 is 55.2 Å². The third-order valence-electron chi connectivity index (χ3n) is 21.3. The highest BCUT2D eigenvalue weighted by Gasteiger charge is 2.33. The molecule has 12 aromatic rings. The molecule has 1 aliphatic carbocycles. The van der Waals surface area contributed by atoms with Crippen molar-refractivity contribution in [1.82, 2.24) is 47.9 Å². The summed E-state index contributed by atoms with van der Waals surface area (Å²) in [7, 11) is 8.12. The largest absolute Gasteiger partial charge is 0.497 e. The predicted molar refractivity (Wildman–Crippen MR) is 403 cm³/mol. The second kappa shape index (κ2) is 29.2. The minimum absolute atomic E-state index is 0.486. The smallest absolute Gasteiger partial charge is 0.118 e. The number of ether oxygens (including phenoxy) is 1. The third-order valence-corrected chi connectivity index (χ3v) is 21.5. The number of methoxy groups -OCH3 is 1. The van der Waals surface area contributed by atoms with Gasteiger partial charge in [0.15, 0.2) is 0 Å². The van der Waals surface area contributed by atoms with Gasteiger partial charge in [0.2, 0.25) is 0 Å². The molecule has 4 aliphatic rings. The molecule has 4 unspecified atom stereocenters. The van der Waals surface area contributed by atoms with Crippen molar-refractivity contribution < 1.29 is 25.2 Å². The fourth-order valence-corrected chi connectivity index (χ4v) is 16.0. The minimum atomic E-state index is -0.996. The van der Waals surface area contributed by atoms with Crippen LogP contribution in [0.2, 0.25) is 5.02 Å². The van der Waals surface area contributed by atoms with Crippen LogP contribution in [-0.2, 0) is 94.7 Å². The molecule has 7 aromatic heterocycles. The number of halogens is 1. The van der Waals surface area contributed by atoms with Crippen molar-refractivity contribution in [1.29, 1.82) is 0 Å². The molecule has 16 heteroatoms. The van der Waals surface area contributed by atoms with E-state index in [-0.39, 0.29) is 0 Å². The SMILES string of the molecule is CN1CCc2c(n(CC(C)(O)c3cccnc3)c3ccc(Cl)cc23)C1.COc1ccc(C(O)Cn2c3c(c4cc(C)ccc42)CCN(C)C3)cc1.Cc1ccc2c(c1)c1c(n2CC(C)(O)c2cccnc2)CCCC1.Cc1ccc2c(c1)c1c(n2CC(C)(O)c2ccncc2)CN(C)CC1. The average Bonchev–Trinajstić information content (AvgIpc) is 1.64. The van der Waals surface area contributed by atoms with Gasteiger partial charge in [0.1, 0.15) is 22.6 Å². The second-order valence-corrected chi connectivity index (χ2v) is 29.7. The van der Waals surface area contributed by atoms with Crippen molar-refractivity contribution in [2.24, 2.45) is 0 Å². The molecular formula is C84H97ClN10O5. The zero-order chi connectivity index (χ0) is 70.2. The quantitative estimate of drug-likeness (QED) is 0.0871. The van der Waals surface area contributed by atoms with E-state index in [0.29, 0.717) is 26.2 Å². The molecule has 10 heterocycles. The highest BCUT2D eigenvalue weighted by Crippen LogP contribution is 2.40. The van der Waals surface area contributed by atoms with Gasteiger partial charge in [-0.05, 0) is 232 Å². The lowest BCUT2D eigenvalue weighted by molar-refractivity contribution is 0.0374. The van der Waals surface area contributed by atoms with E-state index in [2.05, 4.69) is 157 Å². The van der Waals surface area contributed by atoms with E-state index in [1.54, 1.807) is 44.3 Å². The maximum absolute atomic E-state index is 11.2. The molecule has 0 spiro atoms. The molecule has 16 rings (SSSR count). The van der Waals surface area contributed by atoms with Crippen LogP contribution in [0.3, 0.4) is 0 Å². The van der Waals surface area contributed by atoms with Crippen molar-refractivity contribution in [3.8, 4) is 5.75 Å². The first-order valence-electron chi connectivity index (χ1n) is 35.4. The average molecular weight is 1360 g/mol. The van der Waals surface area contributed by atoms with Crippen LogP contribution in [0.1, 0.15) is 124 Å². The maximum Gasteiger partial charge on any atom is 0.118 e. The summed E-state index contributed by atoms with van der Waals surface area (Å²) < 4.78 is 14.4. The number of nitrogens with zero attached hydrogens (tertiary/aromatic N) is 10. The van der Waals surface area contributed by atoms with Crippen LogP contribution in [0.25, 0.3) is 43.6 Å². The van der Waals surface area contributed by atoms with Gasteiger partial charge < -0.3 is 58.1 Å². The number of aromatic nitrogens is 7. The van der Waals surface area contributed by atoms with Gasteiger partial charge in [-0.1, -0.05) is 70.8 Å². The number of aliphatic hydroxyl groups is 4. The number of fused-ring (bicyclic) bond motifs is 12. The number of aryl methyl sites for hydroxylation is 4. The number of hydrogen-bond donors (Lipinski definition) is 4. The zero-order valence-electron chi connectivity index (χ0n) is 59.8. The number of likely N-dealkylation sites (N-methyl/N-ethyl adjacent to an activating group) is 3. The van der Waals surface area contributed by atoms with Crippen LogP contribution in [0.4, 0.5) is 0 Å². The van der Waals surface area contributed by atoms with Crippen LogP contribution < -0.4 is 4.74 Å². The molecule has 3 aliphatic heterocycles. The Morgan fingerprint density at radius 1 is 0.450 bits per heavy atom. The number of hydrogen-bond acceptors (Lipinski definition) is 11. The molecule has 0 saturated carbocycles. The van der Waals surface area contributed by atoms with E-state index < -0.39 is 22.9 Å². The van der Waals surface area contributed by atoms with Crippen molar-refractivity contribution in [2.75, 3.05) is 47.9 Å². The lowest BCUT2D eigenvalue weighted by atomic mass is 9.94. The van der Waals surface area contributed by atoms with Crippen LogP contribution in [0.5, 0.6) is 5.75 Å². The first-order chi connectivity index (χ1) is 48.0. The van der Waals surface area contributed by atoms with E-state index in [0.717, 1.165) is 110 Å². The van der Waals surface area contributed by atoms with Crippen molar-refractivity contribution in [2.45, 2.75) is 155 Å². The molecule has 0 fully saturated rings. The normalized spacial score (nSPS) is 16.9. The van der Waals surface area contributed by atoms with Gasteiger partial charge in [-0.25, -0.2) is 0 Å². The summed E-state index contributed by atoms with van der Waals surface area (Å²) in [6.45, 7) is 20.2. The molecule has 100 heavy (non-hydrogen) atoms. The Labute approximate surface area is 593 Å². The summed E-state index contributed by atoms with van der Waals surface area (Å²) in [5.74, 6) is 0.807. The van der Waals surface area contributed by atoms with E-state index in [1.807, 2.05) is 87.5 Å². The van der Waals surface area contributed by atoms with Crippen molar-refractivity contribution in [3.05, 3.63) is 260 Å². The van der Waals surface area contributed by atoms with E-state index >= 15 is 0 Å². The number of benzene rings is 5. The predicted octanol–water partition coefficient (Wildman–Crippen LogP) is 14.6. The van der Waals surface area contributed by atoms with Crippen LogP contribution >= 0.6 is 11.6 Å². The zero-order valence-corrected chi connectivity index (χ0v) is 60.6. The summed E-state index contributed by atoms with van der Waals surface area (Å²) in [5.41, 5.74) is 20.4. The fourth-order valence-electron chi connectivity index (χ4n) is 15.8. The molecule has 4 atom stereocenters. The Bertz CT molecular complexity index is 4710. The first-order valence-corrected chi connectivity index (χ1v) is 35.8. The topological polar surface area (TPSA) is 158 Å². The van der Waals surface area contributed by atoms with Crippen LogP contribution in [-0.4, -0.2) is 116 Å². The summed E-state index contributed by atoms with van der Waals surface area (Å²) in [6, 6.07) is 45.1. The number of rotatable bonds is 13. The lowest BCUT2D eigenvalue weighted by Gasteiger charge is -2.29. The first kappa shape index (κ1) is 70.0. The lowest BCUT2D eigenvalue weighted by Crippen LogP contribution is -2.32. The standard InChI is InChI=1S/C22H26N2O2.C21H25N3O.C21H24N2O.C20H22ClN3O/c1-15-4-9-20-19(12-15)18-10-11-23(2)13-21(18)24(20)14-22(25)16-5-7-17(26-3)8-6-16;1-15-4-5-19-18(12-15)17-8-11-23(3)13-20(17)24(19)14-21(2,25)16-6-9-22-10-7-16;1-15-9-10-20-18(12-15)17-7-3-4-8-19(17)23(20)14-21(2,24)16-6-5-11-22-13-16;1-20(25,14-4-3-8-22-11-14)13-24-18-6-5-15(21)10-17(18)16-7-9-23(2)12-19(16)24/h4-9,12,22,25H,10-11,13-14H2,1-3H3;4-7,9-10,12,25H,8,11,13-14H2,1-3H3;5-6,9-13,24H,3-4,7-8,14H2,1-2H3;3-6,8,10-11,25H,7,9,12-13H2,1-2H3. The Morgan fingerprint density at radius 3 is 1.30 bits per heavy atom. The highest BCUT2D eigenvalue weighted by molar-refractivity contribution is 6.31. The molecule has 5 aromatic carbocycles. The molecule has 0 bridgehead atoms. The molecule has 520 valence electrons. The van der Waals surface area contributed by atoms with Crippen LogP contribution in [0, 0.1) is 20.8 Å². The monoisotopic (exact) mass is 1360 g/mol. The van der Waals surface area contributed by atoms with E-state index in [1.165, 1.54) is 113 Å². The van der Waals surface area contributed by atoms with E-state index in [9.17, 15) is 20.4 Å². The van der Waals surface area contributed by atoms with Gasteiger partial charge in [0.05, 0.1) is 39.4 Å². The molecular weight excluding hydrogens is 1260 g/mol.